The van der Waals surface area contributed by atoms with Gasteiger partial charge >= 0.3 is 0 Å². The Bertz CT molecular complexity index is 875. The second-order valence-corrected chi connectivity index (χ2v) is 6.60. The van der Waals surface area contributed by atoms with Crippen LogP contribution in [0.1, 0.15) is 5.76 Å². The normalized spacial score (nSPS) is 16.0. The molecule has 3 rings (SSSR count). The molecule has 1 aromatic carbocycles. The van der Waals surface area contributed by atoms with Crippen LogP contribution in [-0.4, -0.2) is 15.2 Å². The van der Waals surface area contributed by atoms with E-state index in [1.807, 2.05) is 0 Å². The van der Waals surface area contributed by atoms with Crippen LogP contribution in [0.4, 0.5) is 5.69 Å². The summed E-state index contributed by atoms with van der Waals surface area (Å²) in [4.78, 5) is 22.4. The molecule has 1 amide bonds. The lowest BCUT2D eigenvalue weighted by Crippen LogP contribution is -2.17. The second-order valence-electron chi connectivity index (χ2n) is 4.48. The number of non-ortho nitro benzene ring substituents is 1. The average Bonchev–Trinajstić information content (AvgIpc) is 3.06. The van der Waals surface area contributed by atoms with Gasteiger partial charge in [0, 0.05) is 23.8 Å². The highest BCUT2D eigenvalue weighted by Gasteiger charge is 2.22. The molecule has 0 spiro atoms. The van der Waals surface area contributed by atoms with Crippen molar-refractivity contribution in [2.24, 2.45) is 0 Å². The molecule has 0 atom stereocenters. The Hall–Kier alpha value is -2.16. The molecule has 2 heterocycles. The van der Waals surface area contributed by atoms with E-state index in [1.165, 1.54) is 18.2 Å². The van der Waals surface area contributed by atoms with Crippen molar-refractivity contribution in [3.63, 3.8) is 0 Å². The van der Waals surface area contributed by atoms with Crippen molar-refractivity contribution in [2.45, 2.75) is 0 Å². The maximum Gasteiger partial charge on any atom is 0.270 e. The van der Waals surface area contributed by atoms with Gasteiger partial charge in [-0.25, -0.2) is 0 Å². The molecule has 0 saturated carbocycles. The number of rotatable bonds is 3. The molecule has 1 saturated heterocycles. The van der Waals surface area contributed by atoms with E-state index in [0.29, 0.717) is 31.3 Å². The van der Waals surface area contributed by atoms with Gasteiger partial charge in [0.05, 0.1) is 14.9 Å². The number of nitro benzene ring substituents is 1. The average molecular weight is 367 g/mol. The topological polar surface area (TPSA) is 85.4 Å². The van der Waals surface area contributed by atoms with Crippen molar-refractivity contribution in [3.05, 3.63) is 56.1 Å². The number of hydrogen-bond donors (Lipinski definition) is 1. The molecule has 1 fully saturated rings. The zero-order valence-electron chi connectivity index (χ0n) is 11.2. The predicted molar refractivity (Wildman–Crippen MR) is 92.1 cm³/mol. The molecule has 1 aliphatic rings. The quantitative estimate of drug-likeness (QED) is 0.382. The Morgan fingerprint density at radius 3 is 2.78 bits per heavy atom. The zero-order chi connectivity index (χ0) is 16.6. The summed E-state index contributed by atoms with van der Waals surface area (Å²) < 4.78 is 5.99. The highest BCUT2D eigenvalue weighted by Crippen LogP contribution is 2.34. The number of furan rings is 1. The fraction of sp³-hybridized carbons (Fsp3) is 0. The summed E-state index contributed by atoms with van der Waals surface area (Å²) in [5, 5.41) is 13.7. The van der Waals surface area contributed by atoms with Gasteiger partial charge in [-0.15, -0.1) is 0 Å². The lowest BCUT2D eigenvalue weighted by Gasteiger charge is -2.00. The van der Waals surface area contributed by atoms with E-state index in [0.717, 1.165) is 11.8 Å². The molecule has 0 radical (unpaired) electrons. The van der Waals surface area contributed by atoms with Crippen LogP contribution in [0.2, 0.25) is 5.02 Å². The number of halogens is 1. The SMILES string of the molecule is O=C1NC(=S)S/C1=C/c1ccc(-c2cc([N+](=O)[O-])ccc2Cl)o1. The molecule has 0 bridgehead atoms. The van der Waals surface area contributed by atoms with Gasteiger partial charge in [0.15, 0.2) is 0 Å². The number of thiocarbonyl (C=S) groups is 1. The zero-order valence-corrected chi connectivity index (χ0v) is 13.6. The van der Waals surface area contributed by atoms with Crippen molar-refractivity contribution in [1.29, 1.82) is 0 Å². The highest BCUT2D eigenvalue weighted by atomic mass is 35.5. The van der Waals surface area contributed by atoms with Crippen LogP contribution in [0.25, 0.3) is 17.4 Å². The Kier molecular flexibility index (Phi) is 4.20. The van der Waals surface area contributed by atoms with E-state index in [2.05, 4.69) is 5.32 Å². The number of hydrogen-bond acceptors (Lipinski definition) is 6. The monoisotopic (exact) mass is 366 g/mol. The first-order valence-electron chi connectivity index (χ1n) is 6.23. The van der Waals surface area contributed by atoms with Crippen LogP contribution in [-0.2, 0) is 4.79 Å². The molecule has 6 nitrogen and oxygen atoms in total. The fourth-order valence-electron chi connectivity index (χ4n) is 1.94. The molecule has 2 aromatic rings. The van der Waals surface area contributed by atoms with E-state index in [-0.39, 0.29) is 11.6 Å². The predicted octanol–water partition coefficient (Wildman–Crippen LogP) is 4.00. The number of carbonyl (C=O) groups is 1. The van der Waals surface area contributed by atoms with Crippen molar-refractivity contribution >= 4 is 57.6 Å². The maximum absolute atomic E-state index is 11.6. The first kappa shape index (κ1) is 15.7. The second kappa shape index (κ2) is 6.15. The summed E-state index contributed by atoms with van der Waals surface area (Å²) in [6, 6.07) is 7.37. The van der Waals surface area contributed by atoms with Crippen molar-refractivity contribution < 1.29 is 14.1 Å². The lowest BCUT2D eigenvalue weighted by atomic mass is 10.1. The third-order valence-corrected chi connectivity index (χ3v) is 4.46. The summed E-state index contributed by atoms with van der Waals surface area (Å²) >= 11 is 12.1. The minimum Gasteiger partial charge on any atom is -0.457 e. The van der Waals surface area contributed by atoms with Crippen molar-refractivity contribution in [1.82, 2.24) is 5.32 Å². The van der Waals surface area contributed by atoms with Gasteiger partial charge in [0.2, 0.25) is 0 Å². The number of thioether (sulfide) groups is 1. The molecule has 1 aromatic heterocycles. The largest absolute Gasteiger partial charge is 0.457 e. The standard InChI is InChI=1S/C14H7ClN2O4S2/c15-10-3-1-7(17(19)20)5-9(10)11-4-2-8(21-11)6-12-13(18)16-14(22)23-12/h1-6H,(H,16,18,22)/b12-6+. The van der Waals surface area contributed by atoms with Crippen LogP contribution < -0.4 is 5.32 Å². The Morgan fingerprint density at radius 1 is 1.35 bits per heavy atom. The number of carbonyl (C=O) groups excluding carboxylic acids is 1. The van der Waals surface area contributed by atoms with E-state index >= 15 is 0 Å². The van der Waals surface area contributed by atoms with Gasteiger partial charge in [-0.2, -0.15) is 0 Å². The van der Waals surface area contributed by atoms with Crippen LogP contribution in [0.3, 0.4) is 0 Å². The van der Waals surface area contributed by atoms with Crippen LogP contribution in [0, 0.1) is 10.1 Å². The van der Waals surface area contributed by atoms with Crippen LogP contribution >= 0.6 is 35.6 Å². The van der Waals surface area contributed by atoms with Gasteiger partial charge < -0.3 is 9.73 Å². The fourth-order valence-corrected chi connectivity index (χ4v) is 3.18. The summed E-state index contributed by atoms with van der Waals surface area (Å²) in [5.74, 6) is 0.507. The minimum atomic E-state index is -0.508. The minimum absolute atomic E-state index is 0.0863. The third kappa shape index (κ3) is 3.29. The Morgan fingerprint density at radius 2 is 2.13 bits per heavy atom. The molecule has 9 heteroatoms. The number of nitrogens with zero attached hydrogens (tertiary/aromatic N) is 1. The number of amides is 1. The van der Waals surface area contributed by atoms with Gasteiger partial charge in [0.1, 0.15) is 15.8 Å². The van der Waals surface area contributed by atoms with E-state index < -0.39 is 4.92 Å². The molecule has 116 valence electrons. The third-order valence-electron chi connectivity index (χ3n) is 2.97. The van der Waals surface area contributed by atoms with Crippen molar-refractivity contribution in [2.75, 3.05) is 0 Å². The Labute approximate surface area is 144 Å². The van der Waals surface area contributed by atoms with Crippen molar-refractivity contribution in [3.8, 4) is 11.3 Å². The number of benzene rings is 1. The summed E-state index contributed by atoms with van der Waals surface area (Å²) in [6.07, 6.45) is 1.55. The molecule has 23 heavy (non-hydrogen) atoms. The summed E-state index contributed by atoms with van der Waals surface area (Å²) in [6.45, 7) is 0. The smallest absolute Gasteiger partial charge is 0.270 e. The van der Waals surface area contributed by atoms with Crippen LogP contribution in [0.15, 0.2) is 39.7 Å². The van der Waals surface area contributed by atoms with E-state index in [4.69, 9.17) is 28.2 Å². The van der Waals surface area contributed by atoms with Gasteiger partial charge in [-0.1, -0.05) is 35.6 Å². The van der Waals surface area contributed by atoms with Gasteiger partial charge in [-0.05, 0) is 18.2 Å². The van der Waals surface area contributed by atoms with Gasteiger partial charge in [-0.3, -0.25) is 14.9 Å². The number of nitrogens with one attached hydrogen (secondary N) is 1. The van der Waals surface area contributed by atoms with Crippen LogP contribution in [0.5, 0.6) is 0 Å². The highest BCUT2D eigenvalue weighted by molar-refractivity contribution is 8.26. The lowest BCUT2D eigenvalue weighted by molar-refractivity contribution is -0.384. The van der Waals surface area contributed by atoms with E-state index in [9.17, 15) is 14.9 Å². The first-order valence-corrected chi connectivity index (χ1v) is 7.83. The van der Waals surface area contributed by atoms with Gasteiger partial charge in [0.25, 0.3) is 11.6 Å². The molecule has 1 aliphatic heterocycles. The Balaban J connectivity index is 1.95. The molecular weight excluding hydrogens is 360 g/mol. The maximum atomic E-state index is 11.6. The molecule has 0 unspecified atom stereocenters. The first-order chi connectivity index (χ1) is 10.9. The van der Waals surface area contributed by atoms with E-state index in [1.54, 1.807) is 18.2 Å². The molecular formula is C14H7ClN2O4S2. The molecule has 0 aliphatic carbocycles. The number of nitro groups is 1. The summed E-state index contributed by atoms with van der Waals surface area (Å²) in [5.41, 5.74) is 0.321. The summed E-state index contributed by atoms with van der Waals surface area (Å²) in [7, 11) is 0. The molecule has 1 N–H and O–H groups in total.